The van der Waals surface area contributed by atoms with Gasteiger partial charge < -0.3 is 16.3 Å². The third-order valence-corrected chi connectivity index (χ3v) is 2.81. The van der Waals surface area contributed by atoms with Gasteiger partial charge >= 0.3 is 0 Å². The number of hydrogen-bond donors (Lipinski definition) is 3. The summed E-state index contributed by atoms with van der Waals surface area (Å²) in [6, 6.07) is 0. The molecule has 0 aromatic carbocycles. The van der Waals surface area contributed by atoms with Gasteiger partial charge in [-0.2, -0.15) is 0 Å². The van der Waals surface area contributed by atoms with Crippen LogP contribution in [0, 0.1) is 17.3 Å². The van der Waals surface area contributed by atoms with Crippen molar-refractivity contribution >= 4 is 5.84 Å². The molecule has 0 unspecified atom stereocenters. The summed E-state index contributed by atoms with van der Waals surface area (Å²) in [6.07, 6.45) is 4.00. The van der Waals surface area contributed by atoms with Gasteiger partial charge in [-0.25, -0.2) is 0 Å². The van der Waals surface area contributed by atoms with Crippen molar-refractivity contribution in [3.05, 3.63) is 0 Å². The number of hydrogen-bond acceptors (Lipinski definition) is 3. The van der Waals surface area contributed by atoms with Gasteiger partial charge in [-0.3, -0.25) is 0 Å². The fourth-order valence-electron chi connectivity index (χ4n) is 1.48. The summed E-state index contributed by atoms with van der Waals surface area (Å²) in [5.74, 6) is 6.19. The maximum absolute atomic E-state index is 8.63. The first-order valence-electron chi connectivity index (χ1n) is 6.13. The van der Waals surface area contributed by atoms with Crippen molar-refractivity contribution < 1.29 is 5.21 Å². The highest BCUT2D eigenvalue weighted by Crippen LogP contribution is 2.22. The Kier molecular flexibility index (Phi) is 8.25. The molecule has 0 saturated heterocycles. The third kappa shape index (κ3) is 7.64. The predicted octanol–water partition coefficient (Wildman–Crippen LogP) is 1.93. The molecule has 0 heterocycles. The maximum atomic E-state index is 8.63. The van der Waals surface area contributed by atoms with Gasteiger partial charge in [0.2, 0.25) is 0 Å². The van der Waals surface area contributed by atoms with E-state index >= 15 is 0 Å². The Morgan fingerprint density at radius 3 is 2.65 bits per heavy atom. The van der Waals surface area contributed by atoms with E-state index in [9.17, 15) is 0 Å². The van der Waals surface area contributed by atoms with Gasteiger partial charge in [0.25, 0.3) is 0 Å². The van der Waals surface area contributed by atoms with Gasteiger partial charge in [0.1, 0.15) is 5.84 Å². The van der Waals surface area contributed by atoms with Crippen LogP contribution in [0.4, 0.5) is 0 Å². The first-order chi connectivity index (χ1) is 8.04. The van der Waals surface area contributed by atoms with Crippen LogP contribution in [0.2, 0.25) is 0 Å². The highest BCUT2D eigenvalue weighted by molar-refractivity contribution is 5.85. The lowest BCUT2D eigenvalue weighted by atomic mass is 9.86. The summed E-state index contributed by atoms with van der Waals surface area (Å²) in [6.45, 7) is 7.79. The van der Waals surface area contributed by atoms with E-state index in [0.29, 0.717) is 5.84 Å². The summed E-state index contributed by atoms with van der Waals surface area (Å²) >= 11 is 0. The van der Waals surface area contributed by atoms with Gasteiger partial charge in [-0.15, -0.1) is 11.8 Å². The number of nitrogens with two attached hydrogens (primary N) is 1. The Bertz CT molecular complexity index is 287. The van der Waals surface area contributed by atoms with Crippen LogP contribution in [0.1, 0.15) is 46.5 Å². The van der Waals surface area contributed by atoms with Crippen LogP contribution in [0.15, 0.2) is 5.16 Å². The van der Waals surface area contributed by atoms with Gasteiger partial charge in [0.15, 0.2) is 0 Å². The van der Waals surface area contributed by atoms with Crippen molar-refractivity contribution in [1.82, 2.24) is 5.32 Å². The summed E-state index contributed by atoms with van der Waals surface area (Å²) in [4.78, 5) is 0. The van der Waals surface area contributed by atoms with Crippen LogP contribution in [0.5, 0.6) is 0 Å². The second-order valence-electron chi connectivity index (χ2n) is 4.75. The first kappa shape index (κ1) is 15.8. The second kappa shape index (κ2) is 8.89. The Labute approximate surface area is 105 Å². The molecule has 0 amide bonds. The Hall–Kier alpha value is -1.21. The number of amidine groups is 1. The SMILES string of the molecule is CC#CCCNCCCCC(C)(C)C(N)=NO. The first-order valence-corrected chi connectivity index (χ1v) is 6.13. The minimum atomic E-state index is -0.220. The highest BCUT2D eigenvalue weighted by atomic mass is 16.4. The lowest BCUT2D eigenvalue weighted by Gasteiger charge is -2.22. The van der Waals surface area contributed by atoms with Gasteiger partial charge in [0, 0.05) is 18.4 Å². The minimum absolute atomic E-state index is 0.220. The molecule has 4 N–H and O–H groups in total. The van der Waals surface area contributed by atoms with E-state index in [1.165, 1.54) is 0 Å². The molecule has 0 bridgehead atoms. The molecule has 0 rings (SSSR count). The van der Waals surface area contributed by atoms with Crippen LogP contribution < -0.4 is 11.1 Å². The van der Waals surface area contributed by atoms with E-state index in [0.717, 1.165) is 38.8 Å². The van der Waals surface area contributed by atoms with Crippen molar-refractivity contribution in [2.45, 2.75) is 46.5 Å². The quantitative estimate of drug-likeness (QED) is 0.151. The van der Waals surface area contributed by atoms with Gasteiger partial charge in [-0.05, 0) is 26.3 Å². The van der Waals surface area contributed by atoms with E-state index in [1.807, 2.05) is 20.8 Å². The number of unbranched alkanes of at least 4 members (excludes halogenated alkanes) is 1. The smallest absolute Gasteiger partial charge is 0.144 e. The molecule has 0 fully saturated rings. The molecular formula is C13H25N3O. The van der Waals surface area contributed by atoms with Crippen LogP contribution >= 0.6 is 0 Å². The minimum Gasteiger partial charge on any atom is -0.409 e. The summed E-state index contributed by atoms with van der Waals surface area (Å²) in [5.41, 5.74) is 5.40. The standard InChI is InChI=1S/C13H25N3O/c1-4-5-7-10-15-11-8-6-9-13(2,3)12(14)16-17/h15,17H,6-11H2,1-3H3,(H2,14,16). The van der Waals surface area contributed by atoms with Gasteiger partial charge in [0.05, 0.1) is 0 Å². The molecule has 0 atom stereocenters. The zero-order chi connectivity index (χ0) is 13.1. The topological polar surface area (TPSA) is 70.6 Å². The van der Waals surface area contributed by atoms with E-state index in [-0.39, 0.29) is 5.41 Å². The maximum Gasteiger partial charge on any atom is 0.144 e. The Morgan fingerprint density at radius 2 is 2.06 bits per heavy atom. The van der Waals surface area contributed by atoms with Crippen LogP contribution in [-0.2, 0) is 0 Å². The molecule has 0 spiro atoms. The average Bonchev–Trinajstić information content (AvgIpc) is 2.31. The van der Waals surface area contributed by atoms with Crippen LogP contribution in [0.3, 0.4) is 0 Å². The molecule has 0 saturated carbocycles. The van der Waals surface area contributed by atoms with E-state index in [1.54, 1.807) is 0 Å². The second-order valence-corrected chi connectivity index (χ2v) is 4.75. The van der Waals surface area contributed by atoms with Crippen molar-refractivity contribution in [3.63, 3.8) is 0 Å². The zero-order valence-corrected chi connectivity index (χ0v) is 11.2. The molecule has 98 valence electrons. The molecular weight excluding hydrogens is 214 g/mol. The van der Waals surface area contributed by atoms with E-state index in [2.05, 4.69) is 22.3 Å². The fourth-order valence-corrected chi connectivity index (χ4v) is 1.48. The molecule has 0 radical (unpaired) electrons. The monoisotopic (exact) mass is 239 g/mol. The molecule has 17 heavy (non-hydrogen) atoms. The Morgan fingerprint density at radius 1 is 1.35 bits per heavy atom. The predicted molar refractivity (Wildman–Crippen MR) is 72.0 cm³/mol. The third-order valence-electron chi connectivity index (χ3n) is 2.81. The summed E-state index contributed by atoms with van der Waals surface area (Å²) < 4.78 is 0. The molecule has 4 nitrogen and oxygen atoms in total. The average molecular weight is 239 g/mol. The summed E-state index contributed by atoms with van der Waals surface area (Å²) in [7, 11) is 0. The van der Waals surface area contributed by atoms with E-state index < -0.39 is 0 Å². The zero-order valence-electron chi connectivity index (χ0n) is 11.2. The van der Waals surface area contributed by atoms with Crippen molar-refractivity contribution in [1.29, 1.82) is 0 Å². The Balaban J connectivity index is 3.53. The molecule has 0 aliphatic carbocycles. The van der Waals surface area contributed by atoms with Crippen LogP contribution in [0.25, 0.3) is 0 Å². The summed E-state index contributed by atoms with van der Waals surface area (Å²) in [5, 5.41) is 15.0. The molecule has 0 aromatic heterocycles. The normalized spacial score (nSPS) is 12.1. The molecule has 0 aromatic rings. The van der Waals surface area contributed by atoms with Crippen molar-refractivity contribution in [2.24, 2.45) is 16.3 Å². The number of rotatable bonds is 8. The number of nitrogens with one attached hydrogen (secondary N) is 1. The lowest BCUT2D eigenvalue weighted by Crippen LogP contribution is -2.32. The molecule has 0 aliphatic rings. The van der Waals surface area contributed by atoms with Crippen molar-refractivity contribution in [2.75, 3.05) is 13.1 Å². The van der Waals surface area contributed by atoms with Gasteiger partial charge in [-0.1, -0.05) is 25.4 Å². The van der Waals surface area contributed by atoms with Crippen LogP contribution in [-0.4, -0.2) is 24.1 Å². The van der Waals surface area contributed by atoms with Crippen molar-refractivity contribution in [3.8, 4) is 11.8 Å². The molecule has 4 heteroatoms. The molecule has 0 aliphatic heterocycles. The number of oxime groups is 1. The highest BCUT2D eigenvalue weighted by Gasteiger charge is 2.22. The fraction of sp³-hybridized carbons (Fsp3) is 0.769. The largest absolute Gasteiger partial charge is 0.409 e. The number of nitrogens with zero attached hydrogens (tertiary/aromatic N) is 1. The lowest BCUT2D eigenvalue weighted by molar-refractivity contribution is 0.304. The van der Waals surface area contributed by atoms with E-state index in [4.69, 9.17) is 10.9 Å².